The van der Waals surface area contributed by atoms with Gasteiger partial charge in [-0.15, -0.1) is 0 Å². The summed E-state index contributed by atoms with van der Waals surface area (Å²) in [5.74, 6) is -0.334. The van der Waals surface area contributed by atoms with Crippen LogP contribution in [-0.4, -0.2) is 37.5 Å². The first-order chi connectivity index (χ1) is 8.71. The Balaban J connectivity index is 2.61. The van der Waals surface area contributed by atoms with Gasteiger partial charge in [0.15, 0.2) is 6.10 Å². The van der Waals surface area contributed by atoms with Gasteiger partial charge in [-0.05, 0) is 24.5 Å². The van der Waals surface area contributed by atoms with Crippen molar-refractivity contribution in [3.8, 4) is 0 Å². The van der Waals surface area contributed by atoms with Crippen LogP contribution in [0.1, 0.15) is 18.1 Å². The highest BCUT2D eigenvalue weighted by molar-refractivity contribution is 5.75. The molecule has 4 heteroatoms. The molecule has 0 fully saturated rings. The highest BCUT2D eigenvalue weighted by Gasteiger charge is 2.19. The molecule has 0 amide bonds. The number of ether oxygens (including phenoxy) is 2. The van der Waals surface area contributed by atoms with Gasteiger partial charge in [-0.3, -0.25) is 0 Å². The van der Waals surface area contributed by atoms with E-state index in [9.17, 15) is 4.79 Å². The average Bonchev–Trinajstić information content (AvgIpc) is 2.38. The summed E-state index contributed by atoms with van der Waals surface area (Å²) in [6, 6.07) is 7.78. The zero-order chi connectivity index (χ0) is 13.4. The quantitative estimate of drug-likeness (QED) is 0.744. The lowest BCUT2D eigenvalue weighted by Crippen LogP contribution is -2.27. The standard InChI is InChI=1S/C14H20O4/c1-3-18-14(16)13(17-2)10-12-6-4-11(5-7-12)8-9-15/h4-7,13,15H,3,8-10H2,1-2H3/t13-/m0/s1. The van der Waals surface area contributed by atoms with Crippen molar-refractivity contribution >= 4 is 5.97 Å². The predicted molar refractivity (Wildman–Crippen MR) is 68.4 cm³/mol. The fourth-order valence-electron chi connectivity index (χ4n) is 1.68. The van der Waals surface area contributed by atoms with Gasteiger partial charge in [-0.25, -0.2) is 4.79 Å². The van der Waals surface area contributed by atoms with E-state index in [2.05, 4.69) is 0 Å². The van der Waals surface area contributed by atoms with Crippen molar-refractivity contribution in [2.75, 3.05) is 20.3 Å². The molecule has 1 atom stereocenters. The van der Waals surface area contributed by atoms with Crippen LogP contribution in [0.25, 0.3) is 0 Å². The van der Waals surface area contributed by atoms with Crippen molar-refractivity contribution in [3.05, 3.63) is 35.4 Å². The molecule has 0 aliphatic heterocycles. The van der Waals surface area contributed by atoms with Gasteiger partial charge in [0, 0.05) is 20.1 Å². The van der Waals surface area contributed by atoms with Crippen LogP contribution in [0, 0.1) is 0 Å². The van der Waals surface area contributed by atoms with Crippen molar-refractivity contribution in [1.82, 2.24) is 0 Å². The summed E-state index contributed by atoms with van der Waals surface area (Å²) in [5.41, 5.74) is 2.09. The Morgan fingerprint density at radius 2 is 1.89 bits per heavy atom. The topological polar surface area (TPSA) is 55.8 Å². The van der Waals surface area contributed by atoms with Crippen molar-refractivity contribution in [3.63, 3.8) is 0 Å². The number of aliphatic hydroxyl groups is 1. The number of rotatable bonds is 7. The van der Waals surface area contributed by atoms with Crippen LogP contribution in [0.4, 0.5) is 0 Å². The van der Waals surface area contributed by atoms with E-state index in [1.54, 1.807) is 6.92 Å². The van der Waals surface area contributed by atoms with Crippen LogP contribution in [0.15, 0.2) is 24.3 Å². The summed E-state index contributed by atoms with van der Waals surface area (Å²) < 4.78 is 10.1. The number of methoxy groups -OCH3 is 1. The highest BCUT2D eigenvalue weighted by atomic mass is 16.6. The molecule has 0 aromatic heterocycles. The monoisotopic (exact) mass is 252 g/mol. The summed E-state index contributed by atoms with van der Waals surface area (Å²) in [6.07, 6.45) is 0.578. The lowest BCUT2D eigenvalue weighted by Gasteiger charge is -2.14. The van der Waals surface area contributed by atoms with Gasteiger partial charge >= 0.3 is 5.97 Å². The highest BCUT2D eigenvalue weighted by Crippen LogP contribution is 2.10. The third-order valence-electron chi connectivity index (χ3n) is 2.68. The summed E-state index contributed by atoms with van der Waals surface area (Å²) >= 11 is 0. The average molecular weight is 252 g/mol. The van der Waals surface area contributed by atoms with Crippen LogP contribution in [0.2, 0.25) is 0 Å². The number of hydrogen-bond acceptors (Lipinski definition) is 4. The minimum absolute atomic E-state index is 0.142. The molecule has 0 spiro atoms. The summed E-state index contributed by atoms with van der Waals surface area (Å²) in [6.45, 7) is 2.27. The van der Waals surface area contributed by atoms with Gasteiger partial charge in [0.25, 0.3) is 0 Å². The second-order valence-electron chi connectivity index (χ2n) is 3.97. The van der Waals surface area contributed by atoms with Gasteiger partial charge in [0.2, 0.25) is 0 Å². The summed E-state index contributed by atoms with van der Waals surface area (Å²) in [5, 5.41) is 8.82. The van der Waals surface area contributed by atoms with E-state index in [1.165, 1.54) is 7.11 Å². The second kappa shape index (κ2) is 7.84. The maximum absolute atomic E-state index is 11.6. The maximum atomic E-state index is 11.6. The van der Waals surface area contributed by atoms with E-state index in [0.29, 0.717) is 19.4 Å². The molecular formula is C14H20O4. The van der Waals surface area contributed by atoms with E-state index >= 15 is 0 Å². The summed E-state index contributed by atoms with van der Waals surface area (Å²) in [4.78, 5) is 11.6. The van der Waals surface area contributed by atoms with Gasteiger partial charge in [-0.1, -0.05) is 24.3 Å². The molecule has 1 aromatic carbocycles. The van der Waals surface area contributed by atoms with E-state index in [1.807, 2.05) is 24.3 Å². The fraction of sp³-hybridized carbons (Fsp3) is 0.500. The SMILES string of the molecule is CCOC(=O)[C@H](Cc1ccc(CCO)cc1)OC. The Bertz CT molecular complexity index is 359. The van der Waals surface area contributed by atoms with Crippen LogP contribution >= 0.6 is 0 Å². The molecule has 0 saturated heterocycles. The van der Waals surface area contributed by atoms with Crippen molar-refractivity contribution in [2.24, 2.45) is 0 Å². The van der Waals surface area contributed by atoms with Crippen molar-refractivity contribution in [2.45, 2.75) is 25.9 Å². The van der Waals surface area contributed by atoms with E-state index < -0.39 is 6.10 Å². The normalized spacial score (nSPS) is 12.2. The molecule has 0 saturated carbocycles. The predicted octanol–water partition coefficient (Wildman–Crippen LogP) is 1.34. The number of carbonyl (C=O) groups excluding carboxylic acids is 1. The molecule has 18 heavy (non-hydrogen) atoms. The van der Waals surface area contributed by atoms with E-state index in [-0.39, 0.29) is 12.6 Å². The molecular weight excluding hydrogens is 232 g/mol. The first-order valence-electron chi connectivity index (χ1n) is 6.09. The Labute approximate surface area is 108 Å². The third-order valence-corrected chi connectivity index (χ3v) is 2.68. The lowest BCUT2D eigenvalue weighted by molar-refractivity contribution is -0.154. The molecule has 0 radical (unpaired) electrons. The first-order valence-corrected chi connectivity index (χ1v) is 6.09. The number of carbonyl (C=O) groups is 1. The maximum Gasteiger partial charge on any atom is 0.335 e. The smallest absolute Gasteiger partial charge is 0.335 e. The molecule has 0 bridgehead atoms. The molecule has 0 aliphatic rings. The minimum atomic E-state index is -0.561. The zero-order valence-corrected chi connectivity index (χ0v) is 10.9. The molecule has 1 N–H and O–H groups in total. The van der Waals surface area contributed by atoms with Gasteiger partial charge in [0.05, 0.1) is 6.61 Å². The Kier molecular flexibility index (Phi) is 6.39. The number of hydrogen-bond donors (Lipinski definition) is 1. The molecule has 0 unspecified atom stereocenters. The summed E-state index contributed by atoms with van der Waals surface area (Å²) in [7, 11) is 1.50. The molecule has 1 rings (SSSR count). The van der Waals surface area contributed by atoms with Gasteiger partial charge in [0.1, 0.15) is 0 Å². The molecule has 100 valence electrons. The van der Waals surface area contributed by atoms with E-state index in [0.717, 1.165) is 11.1 Å². The Hall–Kier alpha value is -1.39. The molecule has 1 aromatic rings. The van der Waals surface area contributed by atoms with Crippen LogP contribution in [0.3, 0.4) is 0 Å². The van der Waals surface area contributed by atoms with Crippen LogP contribution in [0.5, 0.6) is 0 Å². The minimum Gasteiger partial charge on any atom is -0.464 e. The van der Waals surface area contributed by atoms with Gasteiger partial charge < -0.3 is 14.6 Å². The number of esters is 1. The van der Waals surface area contributed by atoms with Crippen LogP contribution in [-0.2, 0) is 27.1 Å². The van der Waals surface area contributed by atoms with E-state index in [4.69, 9.17) is 14.6 Å². The fourth-order valence-corrected chi connectivity index (χ4v) is 1.68. The number of aliphatic hydroxyl groups excluding tert-OH is 1. The van der Waals surface area contributed by atoms with Gasteiger partial charge in [-0.2, -0.15) is 0 Å². The third kappa shape index (κ3) is 4.47. The zero-order valence-electron chi connectivity index (χ0n) is 10.9. The first kappa shape index (κ1) is 14.7. The Morgan fingerprint density at radius 1 is 1.28 bits per heavy atom. The second-order valence-corrected chi connectivity index (χ2v) is 3.97. The largest absolute Gasteiger partial charge is 0.464 e. The number of benzene rings is 1. The molecule has 0 aliphatic carbocycles. The molecule has 0 heterocycles. The van der Waals surface area contributed by atoms with Crippen LogP contribution < -0.4 is 0 Å². The molecule has 4 nitrogen and oxygen atoms in total. The van der Waals surface area contributed by atoms with Crippen molar-refractivity contribution in [1.29, 1.82) is 0 Å². The van der Waals surface area contributed by atoms with Crippen molar-refractivity contribution < 1.29 is 19.4 Å². The Morgan fingerprint density at radius 3 is 2.39 bits per heavy atom. The lowest BCUT2D eigenvalue weighted by atomic mass is 10.0.